The maximum Gasteiger partial charge on any atom is 0.279 e. The molecule has 2 aliphatic rings. The van der Waals surface area contributed by atoms with Gasteiger partial charge in [0.25, 0.3) is 5.91 Å². The lowest BCUT2D eigenvalue weighted by molar-refractivity contribution is -1.02. The highest BCUT2D eigenvalue weighted by Crippen LogP contribution is 2.27. The van der Waals surface area contributed by atoms with E-state index in [1.807, 2.05) is 0 Å². The van der Waals surface area contributed by atoms with E-state index < -0.39 is 0 Å². The van der Waals surface area contributed by atoms with Gasteiger partial charge >= 0.3 is 0 Å². The van der Waals surface area contributed by atoms with Crippen molar-refractivity contribution in [3.63, 3.8) is 0 Å². The SMILES string of the molecule is COc1ccc(Cl)cc1NC(=O)C[NH+]1CC[NH+](Cc2ccc3c(c2)CCO3)CC1. The average Bonchev–Trinajstić information content (AvgIpc) is 3.17. The number of quaternary nitrogens is 2. The van der Waals surface area contributed by atoms with Crippen LogP contribution in [0.4, 0.5) is 5.69 Å². The molecule has 2 aromatic carbocycles. The lowest BCUT2D eigenvalue weighted by atomic mass is 10.1. The molecule has 7 heteroatoms. The van der Waals surface area contributed by atoms with Crippen LogP contribution in [0.15, 0.2) is 36.4 Å². The molecule has 0 spiro atoms. The Kier molecular flexibility index (Phi) is 6.23. The number of halogens is 1. The van der Waals surface area contributed by atoms with Crippen molar-refractivity contribution in [2.24, 2.45) is 0 Å². The number of benzene rings is 2. The minimum Gasteiger partial charge on any atom is -0.495 e. The molecule has 0 saturated carbocycles. The Balaban J connectivity index is 1.25. The second-order valence-electron chi connectivity index (χ2n) is 7.79. The summed E-state index contributed by atoms with van der Waals surface area (Å²) in [5.74, 6) is 1.65. The third-order valence-electron chi connectivity index (χ3n) is 5.72. The molecule has 0 radical (unpaired) electrons. The fourth-order valence-corrected chi connectivity index (χ4v) is 4.32. The first-order chi connectivity index (χ1) is 14.1. The molecule has 1 fully saturated rings. The molecular weight excluding hydrogens is 390 g/mol. The first-order valence-corrected chi connectivity index (χ1v) is 10.5. The number of amides is 1. The van der Waals surface area contributed by atoms with Crippen LogP contribution in [0.5, 0.6) is 11.5 Å². The summed E-state index contributed by atoms with van der Waals surface area (Å²) in [6.07, 6.45) is 1.02. The lowest BCUT2D eigenvalue weighted by Crippen LogP contribution is -3.28. The van der Waals surface area contributed by atoms with Crippen molar-refractivity contribution in [1.29, 1.82) is 0 Å². The van der Waals surface area contributed by atoms with E-state index in [9.17, 15) is 4.79 Å². The predicted octanol–water partition coefficient (Wildman–Crippen LogP) is 0.206. The monoisotopic (exact) mass is 417 g/mol. The molecule has 6 nitrogen and oxygen atoms in total. The Morgan fingerprint density at radius 3 is 2.72 bits per heavy atom. The number of carbonyl (C=O) groups is 1. The van der Waals surface area contributed by atoms with Gasteiger partial charge < -0.3 is 24.6 Å². The number of piperazine rings is 1. The summed E-state index contributed by atoms with van der Waals surface area (Å²) in [7, 11) is 1.58. The highest BCUT2D eigenvalue weighted by molar-refractivity contribution is 6.31. The maximum atomic E-state index is 12.5. The Hall–Kier alpha value is -2.28. The first kappa shape index (κ1) is 20.0. The van der Waals surface area contributed by atoms with E-state index in [4.69, 9.17) is 21.1 Å². The highest BCUT2D eigenvalue weighted by Gasteiger charge is 2.25. The predicted molar refractivity (Wildman–Crippen MR) is 112 cm³/mol. The largest absolute Gasteiger partial charge is 0.495 e. The van der Waals surface area contributed by atoms with Crippen LogP contribution in [0.25, 0.3) is 0 Å². The van der Waals surface area contributed by atoms with Crippen molar-refractivity contribution in [2.45, 2.75) is 13.0 Å². The molecule has 154 valence electrons. The standard InChI is InChI=1S/C22H26ClN3O3/c1-28-21-5-3-18(23)13-19(21)24-22(27)15-26-9-7-25(8-10-26)14-16-2-4-20-17(12-16)6-11-29-20/h2-5,12-13H,6-11,14-15H2,1H3,(H,24,27)/p+2. The Labute approximate surface area is 176 Å². The highest BCUT2D eigenvalue weighted by atomic mass is 35.5. The van der Waals surface area contributed by atoms with E-state index in [1.165, 1.54) is 16.0 Å². The molecule has 2 aromatic rings. The summed E-state index contributed by atoms with van der Waals surface area (Å²) < 4.78 is 10.9. The van der Waals surface area contributed by atoms with Crippen LogP contribution in [0, 0.1) is 0 Å². The normalized spacial score (nSPS) is 20.6. The molecule has 2 heterocycles. The van der Waals surface area contributed by atoms with Gasteiger partial charge in [0.1, 0.15) is 44.2 Å². The minimum absolute atomic E-state index is 0.0114. The average molecular weight is 418 g/mol. The van der Waals surface area contributed by atoms with Gasteiger partial charge in [-0.1, -0.05) is 11.6 Å². The van der Waals surface area contributed by atoms with Crippen LogP contribution in [-0.4, -0.2) is 52.3 Å². The molecule has 1 saturated heterocycles. The number of hydrogen-bond donors (Lipinski definition) is 3. The van der Waals surface area contributed by atoms with Crippen molar-refractivity contribution in [1.82, 2.24) is 0 Å². The van der Waals surface area contributed by atoms with Gasteiger partial charge in [0.2, 0.25) is 0 Å². The van der Waals surface area contributed by atoms with Gasteiger partial charge in [0.15, 0.2) is 6.54 Å². The number of hydrogen-bond acceptors (Lipinski definition) is 3. The molecule has 0 aromatic heterocycles. The molecule has 0 atom stereocenters. The van der Waals surface area contributed by atoms with Crippen LogP contribution in [0.3, 0.4) is 0 Å². The summed E-state index contributed by atoms with van der Waals surface area (Å²) in [5.41, 5.74) is 3.33. The third kappa shape index (κ3) is 5.01. The van der Waals surface area contributed by atoms with E-state index in [1.54, 1.807) is 30.2 Å². The fraction of sp³-hybridized carbons (Fsp3) is 0.409. The van der Waals surface area contributed by atoms with Crippen LogP contribution in [0.2, 0.25) is 5.02 Å². The van der Waals surface area contributed by atoms with Gasteiger partial charge in [0.05, 0.1) is 19.4 Å². The van der Waals surface area contributed by atoms with Crippen LogP contribution < -0.4 is 24.6 Å². The smallest absolute Gasteiger partial charge is 0.279 e. The van der Waals surface area contributed by atoms with Crippen LogP contribution in [0.1, 0.15) is 11.1 Å². The van der Waals surface area contributed by atoms with E-state index in [0.717, 1.165) is 51.5 Å². The van der Waals surface area contributed by atoms with Crippen molar-refractivity contribution < 1.29 is 24.1 Å². The number of methoxy groups -OCH3 is 1. The van der Waals surface area contributed by atoms with Gasteiger partial charge in [-0.2, -0.15) is 0 Å². The van der Waals surface area contributed by atoms with Crippen molar-refractivity contribution in [3.8, 4) is 11.5 Å². The minimum atomic E-state index is -0.0114. The number of anilines is 1. The summed E-state index contributed by atoms with van der Waals surface area (Å²) in [5, 5.41) is 3.51. The van der Waals surface area contributed by atoms with Crippen molar-refractivity contribution >= 4 is 23.2 Å². The summed E-state index contributed by atoms with van der Waals surface area (Å²) >= 11 is 6.04. The zero-order valence-corrected chi connectivity index (χ0v) is 17.5. The summed E-state index contributed by atoms with van der Waals surface area (Å²) in [4.78, 5) is 15.4. The number of ether oxygens (including phenoxy) is 2. The molecule has 1 amide bonds. The zero-order chi connectivity index (χ0) is 20.2. The van der Waals surface area contributed by atoms with E-state index in [0.29, 0.717) is 23.0 Å². The zero-order valence-electron chi connectivity index (χ0n) is 16.7. The molecule has 4 rings (SSSR count). The molecule has 0 bridgehead atoms. The van der Waals surface area contributed by atoms with Crippen molar-refractivity contribution in [2.75, 3.05) is 51.8 Å². The molecule has 3 N–H and O–H groups in total. The van der Waals surface area contributed by atoms with Crippen LogP contribution in [-0.2, 0) is 17.8 Å². The Bertz CT molecular complexity index is 882. The third-order valence-corrected chi connectivity index (χ3v) is 5.95. The number of nitrogens with one attached hydrogen (secondary N) is 3. The van der Waals surface area contributed by atoms with Crippen LogP contribution >= 0.6 is 11.6 Å². The molecular formula is C22H28ClN3O3+2. The fourth-order valence-electron chi connectivity index (χ4n) is 4.15. The Morgan fingerprint density at radius 1 is 1.14 bits per heavy atom. The van der Waals surface area contributed by atoms with Gasteiger partial charge in [-0.25, -0.2) is 0 Å². The quantitative estimate of drug-likeness (QED) is 0.629. The molecule has 2 aliphatic heterocycles. The lowest BCUT2D eigenvalue weighted by Gasteiger charge is -2.29. The number of rotatable bonds is 6. The topological polar surface area (TPSA) is 56.4 Å². The Morgan fingerprint density at radius 2 is 1.93 bits per heavy atom. The number of fused-ring (bicyclic) bond motifs is 1. The first-order valence-electron chi connectivity index (χ1n) is 10.2. The van der Waals surface area contributed by atoms with E-state index in [2.05, 4.69) is 23.5 Å². The summed E-state index contributed by atoms with van der Waals surface area (Å²) in [6.45, 7) is 6.41. The van der Waals surface area contributed by atoms with E-state index in [-0.39, 0.29) is 5.91 Å². The van der Waals surface area contributed by atoms with Gasteiger partial charge in [-0.15, -0.1) is 0 Å². The van der Waals surface area contributed by atoms with Gasteiger partial charge in [-0.3, -0.25) is 4.79 Å². The number of carbonyl (C=O) groups excluding carboxylic acids is 1. The van der Waals surface area contributed by atoms with Gasteiger partial charge in [0, 0.05) is 17.0 Å². The second-order valence-corrected chi connectivity index (χ2v) is 8.22. The van der Waals surface area contributed by atoms with Gasteiger partial charge in [-0.05, 0) is 42.0 Å². The summed E-state index contributed by atoms with van der Waals surface area (Å²) in [6, 6.07) is 11.8. The molecule has 0 aliphatic carbocycles. The second kappa shape index (κ2) is 9.03. The molecule has 0 unspecified atom stereocenters. The molecule has 29 heavy (non-hydrogen) atoms. The van der Waals surface area contributed by atoms with Crippen molar-refractivity contribution in [3.05, 3.63) is 52.5 Å². The van der Waals surface area contributed by atoms with E-state index >= 15 is 0 Å². The maximum absolute atomic E-state index is 12.5.